The summed E-state index contributed by atoms with van der Waals surface area (Å²) in [6.07, 6.45) is 6.86. The van der Waals surface area contributed by atoms with Crippen molar-refractivity contribution in [1.29, 1.82) is 0 Å². The standard InChI is InChI=1S/C8H20BN/c1-4-5-6-7-8-9(2)10-3/h10H,4-8H2,1-3H3. The van der Waals surface area contributed by atoms with Gasteiger partial charge in [0.25, 0.3) is 0 Å². The van der Waals surface area contributed by atoms with E-state index in [4.69, 9.17) is 0 Å². The van der Waals surface area contributed by atoms with Gasteiger partial charge in [-0.05, 0) is 7.05 Å². The molecular weight excluding hydrogens is 121 g/mol. The average molecular weight is 141 g/mol. The molecule has 0 aliphatic rings. The lowest BCUT2D eigenvalue weighted by Gasteiger charge is -2.04. The first-order valence-corrected chi connectivity index (χ1v) is 4.48. The van der Waals surface area contributed by atoms with Crippen molar-refractivity contribution < 1.29 is 0 Å². The van der Waals surface area contributed by atoms with Crippen molar-refractivity contribution in [3.05, 3.63) is 0 Å². The average Bonchev–Trinajstić information content (AvgIpc) is 1.98. The van der Waals surface area contributed by atoms with Gasteiger partial charge in [0, 0.05) is 0 Å². The van der Waals surface area contributed by atoms with Crippen LogP contribution in [-0.4, -0.2) is 13.9 Å². The van der Waals surface area contributed by atoms with E-state index in [9.17, 15) is 0 Å². The molecule has 0 saturated carbocycles. The Morgan fingerprint density at radius 1 is 1.20 bits per heavy atom. The van der Waals surface area contributed by atoms with Gasteiger partial charge in [-0.15, -0.1) is 0 Å². The van der Waals surface area contributed by atoms with E-state index in [2.05, 4.69) is 19.0 Å². The lowest BCUT2D eigenvalue weighted by atomic mass is 9.61. The number of unbranched alkanes of at least 4 members (excludes halogenated alkanes) is 3. The van der Waals surface area contributed by atoms with Crippen LogP contribution in [0.2, 0.25) is 13.1 Å². The molecule has 0 aliphatic carbocycles. The summed E-state index contributed by atoms with van der Waals surface area (Å²) in [6, 6.07) is 0. The summed E-state index contributed by atoms with van der Waals surface area (Å²) in [5.41, 5.74) is 0. The summed E-state index contributed by atoms with van der Waals surface area (Å²) in [7, 11) is 2.03. The Bertz CT molecular complexity index is 66.3. The first-order chi connectivity index (χ1) is 4.81. The fourth-order valence-electron chi connectivity index (χ4n) is 1.02. The molecule has 0 atom stereocenters. The minimum Gasteiger partial charge on any atom is -0.359 e. The number of hydrogen-bond acceptors (Lipinski definition) is 1. The predicted molar refractivity (Wildman–Crippen MR) is 49.6 cm³/mol. The lowest BCUT2D eigenvalue weighted by molar-refractivity contribution is 0.697. The van der Waals surface area contributed by atoms with Crippen molar-refractivity contribution in [2.24, 2.45) is 0 Å². The summed E-state index contributed by atoms with van der Waals surface area (Å²) in [5, 5.41) is 3.24. The third kappa shape index (κ3) is 6.15. The number of rotatable bonds is 6. The van der Waals surface area contributed by atoms with Gasteiger partial charge < -0.3 is 5.23 Å². The maximum atomic E-state index is 3.24. The molecule has 0 amide bonds. The largest absolute Gasteiger partial charge is 0.359 e. The molecule has 0 radical (unpaired) electrons. The zero-order valence-electron chi connectivity index (χ0n) is 7.61. The van der Waals surface area contributed by atoms with Crippen LogP contribution in [0.5, 0.6) is 0 Å². The molecule has 0 spiro atoms. The molecule has 0 aromatic rings. The molecule has 0 bridgehead atoms. The van der Waals surface area contributed by atoms with Crippen LogP contribution in [0, 0.1) is 0 Å². The van der Waals surface area contributed by atoms with E-state index in [1.165, 1.54) is 32.0 Å². The third-order valence-electron chi connectivity index (χ3n) is 1.98. The Kier molecular flexibility index (Phi) is 7.15. The second-order valence-corrected chi connectivity index (χ2v) is 3.04. The van der Waals surface area contributed by atoms with Gasteiger partial charge in [0.15, 0.2) is 0 Å². The van der Waals surface area contributed by atoms with Crippen LogP contribution in [0.4, 0.5) is 0 Å². The van der Waals surface area contributed by atoms with Gasteiger partial charge in [0.2, 0.25) is 6.85 Å². The Hall–Kier alpha value is 0.0249. The Morgan fingerprint density at radius 3 is 2.40 bits per heavy atom. The Morgan fingerprint density at radius 2 is 1.90 bits per heavy atom. The van der Waals surface area contributed by atoms with E-state index in [1.807, 2.05) is 7.05 Å². The van der Waals surface area contributed by atoms with Crippen LogP contribution in [0.15, 0.2) is 0 Å². The molecule has 0 aromatic heterocycles. The molecule has 0 fully saturated rings. The van der Waals surface area contributed by atoms with E-state index in [-0.39, 0.29) is 0 Å². The zero-order valence-corrected chi connectivity index (χ0v) is 7.61. The Balaban J connectivity index is 2.89. The maximum Gasteiger partial charge on any atom is 0.216 e. The molecule has 0 unspecified atom stereocenters. The fourth-order valence-corrected chi connectivity index (χ4v) is 1.02. The number of hydrogen-bond donors (Lipinski definition) is 1. The van der Waals surface area contributed by atoms with Crippen molar-refractivity contribution in [3.8, 4) is 0 Å². The van der Waals surface area contributed by atoms with Crippen molar-refractivity contribution >= 4 is 6.85 Å². The first kappa shape index (κ1) is 10.0. The molecule has 60 valence electrons. The van der Waals surface area contributed by atoms with Crippen molar-refractivity contribution in [2.75, 3.05) is 7.05 Å². The van der Waals surface area contributed by atoms with Crippen LogP contribution in [0.25, 0.3) is 0 Å². The minimum atomic E-state index is 0.705. The maximum absolute atomic E-state index is 3.24. The van der Waals surface area contributed by atoms with Crippen molar-refractivity contribution in [1.82, 2.24) is 5.23 Å². The molecule has 0 heterocycles. The summed E-state index contributed by atoms with van der Waals surface area (Å²) < 4.78 is 0. The van der Waals surface area contributed by atoms with E-state index in [0.29, 0.717) is 6.85 Å². The van der Waals surface area contributed by atoms with Crippen LogP contribution in [0.1, 0.15) is 32.6 Å². The monoisotopic (exact) mass is 141 g/mol. The van der Waals surface area contributed by atoms with Crippen LogP contribution < -0.4 is 5.23 Å². The topological polar surface area (TPSA) is 12.0 Å². The second-order valence-electron chi connectivity index (χ2n) is 3.04. The fraction of sp³-hybridized carbons (Fsp3) is 1.00. The van der Waals surface area contributed by atoms with Crippen LogP contribution >= 0.6 is 0 Å². The molecule has 0 rings (SSSR count). The highest BCUT2D eigenvalue weighted by molar-refractivity contribution is 6.54. The van der Waals surface area contributed by atoms with E-state index in [1.54, 1.807) is 0 Å². The van der Waals surface area contributed by atoms with Crippen molar-refractivity contribution in [3.63, 3.8) is 0 Å². The van der Waals surface area contributed by atoms with Gasteiger partial charge >= 0.3 is 0 Å². The molecular formula is C8H20BN. The predicted octanol–water partition coefficient (Wildman–Crippen LogP) is 2.41. The van der Waals surface area contributed by atoms with Gasteiger partial charge in [-0.1, -0.05) is 45.8 Å². The third-order valence-corrected chi connectivity index (χ3v) is 1.98. The second kappa shape index (κ2) is 7.14. The molecule has 10 heavy (non-hydrogen) atoms. The SMILES string of the molecule is CCCCCCB(C)NC. The van der Waals surface area contributed by atoms with E-state index >= 15 is 0 Å². The van der Waals surface area contributed by atoms with Gasteiger partial charge in [0.1, 0.15) is 0 Å². The van der Waals surface area contributed by atoms with Crippen LogP contribution in [-0.2, 0) is 0 Å². The smallest absolute Gasteiger partial charge is 0.216 e. The summed E-state index contributed by atoms with van der Waals surface area (Å²) in [6.45, 7) is 5.20. The molecule has 2 heteroatoms. The molecule has 0 aromatic carbocycles. The van der Waals surface area contributed by atoms with Gasteiger partial charge in [-0.25, -0.2) is 0 Å². The van der Waals surface area contributed by atoms with Crippen molar-refractivity contribution in [2.45, 2.75) is 45.8 Å². The first-order valence-electron chi connectivity index (χ1n) is 4.48. The van der Waals surface area contributed by atoms with Crippen LogP contribution in [0.3, 0.4) is 0 Å². The van der Waals surface area contributed by atoms with E-state index < -0.39 is 0 Å². The summed E-state index contributed by atoms with van der Waals surface area (Å²) >= 11 is 0. The summed E-state index contributed by atoms with van der Waals surface area (Å²) in [4.78, 5) is 0. The summed E-state index contributed by atoms with van der Waals surface area (Å²) in [5.74, 6) is 0. The highest BCUT2D eigenvalue weighted by atomic mass is 14.7. The molecule has 1 nitrogen and oxygen atoms in total. The zero-order chi connectivity index (χ0) is 7.82. The molecule has 0 saturated heterocycles. The normalized spacial score (nSPS) is 9.90. The number of nitrogens with one attached hydrogen (secondary N) is 1. The van der Waals surface area contributed by atoms with Gasteiger partial charge in [-0.2, -0.15) is 0 Å². The lowest BCUT2D eigenvalue weighted by Crippen LogP contribution is -2.25. The van der Waals surface area contributed by atoms with E-state index in [0.717, 1.165) is 0 Å². The quantitative estimate of drug-likeness (QED) is 0.442. The molecule has 0 aliphatic heterocycles. The highest BCUT2D eigenvalue weighted by Crippen LogP contribution is 2.03. The Labute approximate surface area is 65.7 Å². The van der Waals surface area contributed by atoms with Gasteiger partial charge in [0.05, 0.1) is 0 Å². The molecule has 1 N–H and O–H groups in total. The highest BCUT2D eigenvalue weighted by Gasteiger charge is 2.01. The minimum absolute atomic E-state index is 0.705. The van der Waals surface area contributed by atoms with Gasteiger partial charge in [-0.3, -0.25) is 0 Å².